The molecule has 2 aromatic rings. The summed E-state index contributed by atoms with van der Waals surface area (Å²) in [7, 11) is 0. The highest BCUT2D eigenvalue weighted by Crippen LogP contribution is 2.29. The van der Waals surface area contributed by atoms with Gasteiger partial charge >= 0.3 is 0 Å². The lowest BCUT2D eigenvalue weighted by Crippen LogP contribution is -2.02. The van der Waals surface area contributed by atoms with E-state index in [1.54, 1.807) is 0 Å². The second kappa shape index (κ2) is 6.33. The molecule has 0 fully saturated rings. The van der Waals surface area contributed by atoms with E-state index in [1.807, 2.05) is 32.9 Å². The summed E-state index contributed by atoms with van der Waals surface area (Å²) >= 11 is 6.36. The summed E-state index contributed by atoms with van der Waals surface area (Å²) in [5.74, 6) is 0.106. The second-order valence-electron chi connectivity index (χ2n) is 4.76. The van der Waals surface area contributed by atoms with Crippen molar-refractivity contribution in [2.24, 2.45) is 0 Å². The van der Waals surface area contributed by atoms with Crippen LogP contribution < -0.4 is 0 Å². The number of carbonyl (C=O) groups excluding carboxylic acids is 2. The van der Waals surface area contributed by atoms with Gasteiger partial charge in [-0.2, -0.15) is 0 Å². The smallest absolute Gasteiger partial charge is 0.173 e. The molecule has 0 aliphatic rings. The zero-order valence-corrected chi connectivity index (χ0v) is 14.8. The molecule has 2 heterocycles. The van der Waals surface area contributed by atoms with Crippen molar-refractivity contribution >= 4 is 50.2 Å². The highest BCUT2D eigenvalue weighted by molar-refractivity contribution is 9.11. The predicted octanol–water partition coefficient (Wildman–Crippen LogP) is 5.34. The van der Waals surface area contributed by atoms with Crippen LogP contribution in [-0.2, 0) is 0 Å². The molecule has 2 nitrogen and oxygen atoms in total. The lowest BCUT2D eigenvalue weighted by Gasteiger charge is -1.97. The summed E-state index contributed by atoms with van der Waals surface area (Å²) in [5, 5.41) is 0. The number of aryl methyl sites for hydroxylation is 3. The first-order valence-corrected chi connectivity index (χ1v) is 8.70. The summed E-state index contributed by atoms with van der Waals surface area (Å²) in [6, 6.07) is 3.79. The van der Waals surface area contributed by atoms with E-state index < -0.39 is 0 Å². The Labute approximate surface area is 135 Å². The average molecular weight is 371 g/mol. The van der Waals surface area contributed by atoms with Gasteiger partial charge in [0, 0.05) is 17.7 Å². The van der Waals surface area contributed by atoms with Crippen molar-refractivity contribution in [1.29, 1.82) is 0 Å². The third-order valence-electron chi connectivity index (χ3n) is 3.15. The normalized spacial score (nSPS) is 10.8. The zero-order chi connectivity index (χ0) is 14.9. The van der Waals surface area contributed by atoms with Gasteiger partial charge in [-0.25, -0.2) is 0 Å². The maximum atomic E-state index is 12.1. The van der Waals surface area contributed by atoms with Gasteiger partial charge in [0.25, 0.3) is 0 Å². The van der Waals surface area contributed by atoms with Gasteiger partial charge in [-0.05, 0) is 60.0 Å². The molecular weight excluding hydrogens is 356 g/mol. The number of rotatable bonds is 5. The van der Waals surface area contributed by atoms with Crippen molar-refractivity contribution < 1.29 is 9.59 Å². The second-order valence-corrected chi connectivity index (χ2v) is 8.39. The van der Waals surface area contributed by atoms with Gasteiger partial charge in [-0.1, -0.05) is 0 Å². The van der Waals surface area contributed by atoms with Gasteiger partial charge in [0.1, 0.15) is 0 Å². The quantitative estimate of drug-likeness (QED) is 0.665. The van der Waals surface area contributed by atoms with Crippen molar-refractivity contribution in [3.63, 3.8) is 0 Å². The average Bonchev–Trinajstić information content (AvgIpc) is 2.91. The van der Waals surface area contributed by atoms with Crippen LogP contribution >= 0.6 is 38.6 Å². The Morgan fingerprint density at radius 3 is 1.85 bits per heavy atom. The SMILES string of the molecule is Cc1cc(C(=O)CCC(=O)c2cc(C)c(Br)s2)sc1C. The molecule has 0 bridgehead atoms. The third kappa shape index (κ3) is 3.45. The molecule has 106 valence electrons. The van der Waals surface area contributed by atoms with Crippen LogP contribution in [0.3, 0.4) is 0 Å². The Balaban J connectivity index is 1.98. The fourth-order valence-electron chi connectivity index (χ4n) is 1.78. The molecule has 0 saturated heterocycles. The fraction of sp³-hybridized carbons (Fsp3) is 0.333. The molecule has 2 rings (SSSR count). The maximum absolute atomic E-state index is 12.1. The van der Waals surface area contributed by atoms with Crippen LogP contribution in [0.15, 0.2) is 15.9 Å². The number of Topliss-reactive ketones (excluding diaryl/α,β-unsaturated/α-hetero) is 2. The highest BCUT2D eigenvalue weighted by Gasteiger charge is 2.15. The van der Waals surface area contributed by atoms with Crippen molar-refractivity contribution in [1.82, 2.24) is 0 Å². The van der Waals surface area contributed by atoms with E-state index in [1.165, 1.54) is 22.7 Å². The van der Waals surface area contributed by atoms with E-state index in [9.17, 15) is 9.59 Å². The largest absolute Gasteiger partial charge is 0.293 e. The number of hydrogen-bond acceptors (Lipinski definition) is 4. The first-order chi connectivity index (χ1) is 9.38. The summed E-state index contributed by atoms with van der Waals surface area (Å²) in [6.07, 6.45) is 0.564. The van der Waals surface area contributed by atoms with E-state index in [0.29, 0.717) is 0 Å². The van der Waals surface area contributed by atoms with Gasteiger partial charge in [0.15, 0.2) is 11.6 Å². The lowest BCUT2D eigenvalue weighted by molar-refractivity contribution is 0.0921. The van der Waals surface area contributed by atoms with Crippen molar-refractivity contribution in [2.75, 3.05) is 0 Å². The van der Waals surface area contributed by atoms with Crippen molar-refractivity contribution in [3.8, 4) is 0 Å². The van der Waals surface area contributed by atoms with Gasteiger partial charge < -0.3 is 0 Å². The van der Waals surface area contributed by atoms with Crippen LogP contribution in [0, 0.1) is 20.8 Å². The Hall–Kier alpha value is -0.780. The predicted molar refractivity (Wildman–Crippen MR) is 88.4 cm³/mol. The van der Waals surface area contributed by atoms with E-state index >= 15 is 0 Å². The third-order valence-corrected chi connectivity index (χ3v) is 6.52. The highest BCUT2D eigenvalue weighted by atomic mass is 79.9. The number of thiophene rings is 2. The van der Waals surface area contributed by atoms with E-state index in [4.69, 9.17) is 0 Å². The Kier molecular flexibility index (Phi) is 4.94. The van der Waals surface area contributed by atoms with Crippen molar-refractivity contribution in [3.05, 3.63) is 41.7 Å². The monoisotopic (exact) mass is 370 g/mol. The maximum Gasteiger partial charge on any atom is 0.173 e. The van der Waals surface area contributed by atoms with Crippen LogP contribution in [0.1, 0.15) is 48.2 Å². The van der Waals surface area contributed by atoms with Crippen LogP contribution in [0.2, 0.25) is 0 Å². The van der Waals surface area contributed by atoms with E-state index in [-0.39, 0.29) is 24.4 Å². The number of ketones is 2. The fourth-order valence-corrected chi connectivity index (χ4v) is 4.28. The molecule has 0 aromatic carbocycles. The molecule has 0 radical (unpaired) electrons. The Morgan fingerprint density at radius 1 is 0.950 bits per heavy atom. The molecule has 2 aromatic heterocycles. The molecule has 0 aliphatic heterocycles. The molecule has 0 spiro atoms. The standard InChI is InChI=1S/C15H15BrO2S2/c1-8-6-13(19-10(8)3)11(17)4-5-12(18)14-7-9(2)15(16)20-14/h6-7H,4-5H2,1-3H3. The minimum atomic E-state index is 0.0437. The zero-order valence-electron chi connectivity index (χ0n) is 11.6. The van der Waals surface area contributed by atoms with E-state index in [2.05, 4.69) is 15.9 Å². The summed E-state index contributed by atoms with van der Waals surface area (Å²) in [4.78, 5) is 26.8. The van der Waals surface area contributed by atoms with Gasteiger partial charge in [0.2, 0.25) is 0 Å². The lowest BCUT2D eigenvalue weighted by atomic mass is 10.1. The number of halogens is 1. The summed E-state index contributed by atoms with van der Waals surface area (Å²) < 4.78 is 0.983. The van der Waals surface area contributed by atoms with Crippen LogP contribution in [0.5, 0.6) is 0 Å². The van der Waals surface area contributed by atoms with Crippen molar-refractivity contribution in [2.45, 2.75) is 33.6 Å². The number of carbonyl (C=O) groups is 2. The minimum Gasteiger partial charge on any atom is -0.293 e. The summed E-state index contributed by atoms with van der Waals surface area (Å²) in [6.45, 7) is 5.97. The van der Waals surface area contributed by atoms with Crippen LogP contribution in [-0.4, -0.2) is 11.6 Å². The minimum absolute atomic E-state index is 0.0437. The van der Waals surface area contributed by atoms with Gasteiger partial charge in [-0.15, -0.1) is 22.7 Å². The van der Waals surface area contributed by atoms with Crippen LogP contribution in [0.4, 0.5) is 0 Å². The molecule has 0 N–H and O–H groups in total. The molecule has 0 saturated carbocycles. The van der Waals surface area contributed by atoms with Crippen LogP contribution in [0.25, 0.3) is 0 Å². The van der Waals surface area contributed by atoms with Gasteiger partial charge in [-0.3, -0.25) is 9.59 Å². The first-order valence-electron chi connectivity index (χ1n) is 6.28. The molecule has 5 heteroatoms. The summed E-state index contributed by atoms with van der Waals surface area (Å²) in [5.41, 5.74) is 2.21. The molecule has 0 unspecified atom stereocenters. The molecular formula is C15H15BrO2S2. The number of hydrogen-bond donors (Lipinski definition) is 0. The topological polar surface area (TPSA) is 34.1 Å². The first kappa shape index (κ1) is 15.6. The molecule has 20 heavy (non-hydrogen) atoms. The van der Waals surface area contributed by atoms with E-state index in [0.717, 1.165) is 29.5 Å². The Morgan fingerprint density at radius 2 is 1.45 bits per heavy atom. The molecule has 0 aliphatic carbocycles. The van der Waals surface area contributed by atoms with Gasteiger partial charge in [0.05, 0.1) is 13.5 Å². The Bertz CT molecular complexity index is 570. The molecule has 0 atom stereocenters. The molecule has 0 amide bonds.